The lowest BCUT2D eigenvalue weighted by atomic mass is 9.86. The van der Waals surface area contributed by atoms with Crippen molar-refractivity contribution >= 4 is 0 Å². The maximum atomic E-state index is 8.82. The molecule has 0 aliphatic heterocycles. The molecule has 60 valence electrons. The molecule has 0 aromatic rings. The smallest absolute Gasteiger partial charge is 0.0949 e. The molecule has 0 spiro atoms. The SMILES string of the molecule is CC(C)(C)/C(C#N)=C/C1CC1. The maximum Gasteiger partial charge on any atom is 0.0949 e. The molecule has 0 N–H and O–H groups in total. The van der Waals surface area contributed by atoms with Crippen molar-refractivity contribution in [2.45, 2.75) is 33.6 Å². The summed E-state index contributed by atoms with van der Waals surface area (Å²) in [5.41, 5.74) is 0.983. The predicted octanol–water partition coefficient (Wildman–Crippen LogP) is 2.89. The van der Waals surface area contributed by atoms with Crippen LogP contribution in [0.3, 0.4) is 0 Å². The van der Waals surface area contributed by atoms with Crippen LogP contribution in [0, 0.1) is 22.7 Å². The molecular formula is C10H15N. The van der Waals surface area contributed by atoms with Gasteiger partial charge in [-0.15, -0.1) is 0 Å². The quantitative estimate of drug-likeness (QED) is 0.526. The number of nitrogens with zero attached hydrogens (tertiary/aromatic N) is 1. The second-order valence-electron chi connectivity index (χ2n) is 4.28. The van der Waals surface area contributed by atoms with Gasteiger partial charge in [0.15, 0.2) is 0 Å². The van der Waals surface area contributed by atoms with Crippen LogP contribution in [-0.4, -0.2) is 0 Å². The lowest BCUT2D eigenvalue weighted by Crippen LogP contribution is -2.07. The first-order valence-electron chi connectivity index (χ1n) is 4.16. The van der Waals surface area contributed by atoms with Gasteiger partial charge in [-0.25, -0.2) is 0 Å². The zero-order valence-corrected chi connectivity index (χ0v) is 7.52. The molecule has 0 radical (unpaired) electrons. The normalized spacial score (nSPS) is 19.6. The monoisotopic (exact) mass is 149 g/mol. The molecule has 0 aromatic carbocycles. The molecule has 1 saturated carbocycles. The van der Waals surface area contributed by atoms with E-state index in [4.69, 9.17) is 5.26 Å². The van der Waals surface area contributed by atoms with Crippen molar-refractivity contribution in [1.82, 2.24) is 0 Å². The Kier molecular flexibility index (Phi) is 2.04. The van der Waals surface area contributed by atoms with Gasteiger partial charge in [0.1, 0.15) is 0 Å². The summed E-state index contributed by atoms with van der Waals surface area (Å²) in [6.45, 7) is 6.26. The van der Waals surface area contributed by atoms with E-state index in [2.05, 4.69) is 32.9 Å². The molecule has 0 amide bonds. The Morgan fingerprint density at radius 1 is 1.45 bits per heavy atom. The third-order valence-electron chi connectivity index (χ3n) is 1.95. The van der Waals surface area contributed by atoms with Crippen LogP contribution in [0.4, 0.5) is 0 Å². The summed E-state index contributed by atoms with van der Waals surface area (Å²) in [4.78, 5) is 0. The lowest BCUT2D eigenvalue weighted by molar-refractivity contribution is 0.517. The van der Waals surface area contributed by atoms with Gasteiger partial charge in [0.25, 0.3) is 0 Å². The highest BCUT2D eigenvalue weighted by atomic mass is 14.3. The summed E-state index contributed by atoms with van der Waals surface area (Å²) in [5.74, 6) is 0.712. The molecule has 0 bridgehead atoms. The third-order valence-corrected chi connectivity index (χ3v) is 1.95. The van der Waals surface area contributed by atoms with E-state index in [0.29, 0.717) is 5.92 Å². The van der Waals surface area contributed by atoms with E-state index in [0.717, 1.165) is 5.57 Å². The topological polar surface area (TPSA) is 23.8 Å². The fourth-order valence-electron chi connectivity index (χ4n) is 0.954. The highest BCUT2D eigenvalue weighted by Gasteiger charge is 2.23. The van der Waals surface area contributed by atoms with Gasteiger partial charge in [0.2, 0.25) is 0 Å². The Bertz CT molecular complexity index is 208. The molecule has 0 saturated heterocycles. The molecule has 1 heteroatoms. The molecule has 0 atom stereocenters. The van der Waals surface area contributed by atoms with Gasteiger partial charge in [0.05, 0.1) is 6.07 Å². The first-order chi connectivity index (χ1) is 5.04. The molecule has 0 unspecified atom stereocenters. The molecule has 1 rings (SSSR count). The van der Waals surface area contributed by atoms with Crippen LogP contribution in [0.1, 0.15) is 33.6 Å². The van der Waals surface area contributed by atoms with Crippen LogP contribution in [0.5, 0.6) is 0 Å². The van der Waals surface area contributed by atoms with Gasteiger partial charge in [-0.1, -0.05) is 26.8 Å². The van der Waals surface area contributed by atoms with E-state index in [1.165, 1.54) is 12.8 Å². The Hall–Kier alpha value is -0.770. The van der Waals surface area contributed by atoms with E-state index < -0.39 is 0 Å². The molecule has 0 heterocycles. The molecule has 1 aliphatic carbocycles. The fraction of sp³-hybridized carbons (Fsp3) is 0.700. The van der Waals surface area contributed by atoms with Crippen LogP contribution >= 0.6 is 0 Å². The number of rotatable bonds is 1. The Labute approximate surface area is 68.7 Å². The van der Waals surface area contributed by atoms with Gasteiger partial charge in [0, 0.05) is 5.57 Å². The van der Waals surface area contributed by atoms with E-state index in [1.807, 2.05) is 0 Å². The first-order valence-corrected chi connectivity index (χ1v) is 4.16. The minimum atomic E-state index is 0.0390. The van der Waals surface area contributed by atoms with Crippen LogP contribution in [-0.2, 0) is 0 Å². The summed E-state index contributed by atoms with van der Waals surface area (Å²) >= 11 is 0. The minimum absolute atomic E-state index is 0.0390. The maximum absolute atomic E-state index is 8.82. The van der Waals surface area contributed by atoms with Crippen molar-refractivity contribution in [2.75, 3.05) is 0 Å². The number of hydrogen-bond acceptors (Lipinski definition) is 1. The summed E-state index contributed by atoms with van der Waals surface area (Å²) < 4.78 is 0. The largest absolute Gasteiger partial charge is 0.193 e. The van der Waals surface area contributed by atoms with Crippen molar-refractivity contribution in [3.05, 3.63) is 11.6 Å². The van der Waals surface area contributed by atoms with E-state index in [-0.39, 0.29) is 5.41 Å². The Morgan fingerprint density at radius 3 is 2.27 bits per heavy atom. The highest BCUT2D eigenvalue weighted by molar-refractivity contribution is 5.28. The molecule has 1 fully saturated rings. The van der Waals surface area contributed by atoms with E-state index in [1.54, 1.807) is 0 Å². The van der Waals surface area contributed by atoms with Crippen LogP contribution in [0.15, 0.2) is 11.6 Å². The lowest BCUT2D eigenvalue weighted by Gasteiger charge is -2.16. The Morgan fingerprint density at radius 2 is 2.00 bits per heavy atom. The second-order valence-corrected chi connectivity index (χ2v) is 4.28. The van der Waals surface area contributed by atoms with Gasteiger partial charge in [-0.3, -0.25) is 0 Å². The van der Waals surface area contributed by atoms with Crippen molar-refractivity contribution < 1.29 is 0 Å². The summed E-state index contributed by atoms with van der Waals surface area (Å²) in [6, 6.07) is 2.27. The molecule has 11 heavy (non-hydrogen) atoms. The zero-order valence-electron chi connectivity index (χ0n) is 7.52. The van der Waals surface area contributed by atoms with Crippen LogP contribution < -0.4 is 0 Å². The van der Waals surface area contributed by atoms with E-state index in [9.17, 15) is 0 Å². The van der Waals surface area contributed by atoms with Crippen LogP contribution in [0.2, 0.25) is 0 Å². The van der Waals surface area contributed by atoms with E-state index >= 15 is 0 Å². The number of allylic oxidation sites excluding steroid dienone is 2. The summed E-state index contributed by atoms with van der Waals surface area (Å²) in [7, 11) is 0. The molecule has 0 aromatic heterocycles. The number of hydrogen-bond donors (Lipinski definition) is 0. The fourth-order valence-corrected chi connectivity index (χ4v) is 0.954. The molecule has 1 nitrogen and oxygen atoms in total. The van der Waals surface area contributed by atoms with Crippen molar-refractivity contribution in [3.8, 4) is 6.07 Å². The summed E-state index contributed by atoms with van der Waals surface area (Å²) in [6.07, 6.45) is 4.70. The van der Waals surface area contributed by atoms with Gasteiger partial charge in [-0.05, 0) is 24.2 Å². The zero-order chi connectivity index (χ0) is 8.48. The third kappa shape index (κ3) is 2.38. The van der Waals surface area contributed by atoms with Crippen molar-refractivity contribution in [3.63, 3.8) is 0 Å². The van der Waals surface area contributed by atoms with Gasteiger partial charge < -0.3 is 0 Å². The van der Waals surface area contributed by atoms with Gasteiger partial charge in [-0.2, -0.15) is 5.26 Å². The standard InChI is InChI=1S/C10H15N/c1-10(2,3)9(7-11)6-8-4-5-8/h6,8H,4-5H2,1-3H3/b9-6+. The highest BCUT2D eigenvalue weighted by Crippen LogP contribution is 2.35. The summed E-state index contributed by atoms with van der Waals surface area (Å²) in [5, 5.41) is 8.82. The molecular weight excluding hydrogens is 134 g/mol. The number of nitriles is 1. The Balaban J connectivity index is 2.71. The van der Waals surface area contributed by atoms with Crippen molar-refractivity contribution in [2.24, 2.45) is 11.3 Å². The second kappa shape index (κ2) is 2.70. The minimum Gasteiger partial charge on any atom is -0.193 e. The average molecular weight is 149 g/mol. The van der Waals surface area contributed by atoms with Gasteiger partial charge >= 0.3 is 0 Å². The first kappa shape index (κ1) is 8.33. The average Bonchev–Trinajstić information content (AvgIpc) is 2.62. The van der Waals surface area contributed by atoms with Crippen LogP contribution in [0.25, 0.3) is 0 Å². The predicted molar refractivity (Wildman–Crippen MR) is 45.9 cm³/mol. The van der Waals surface area contributed by atoms with Crippen molar-refractivity contribution in [1.29, 1.82) is 5.26 Å². The molecule has 1 aliphatic rings.